The molecule has 3 rings (SSSR count). The van der Waals surface area contributed by atoms with E-state index in [0.717, 1.165) is 5.56 Å². The average molecular weight is 406 g/mol. The first-order chi connectivity index (χ1) is 13.0. The Balaban J connectivity index is 1.51. The Kier molecular flexibility index (Phi) is 6.47. The van der Waals surface area contributed by atoms with Crippen LogP contribution in [-0.2, 0) is 17.1 Å². The van der Waals surface area contributed by atoms with E-state index in [0.29, 0.717) is 28.1 Å². The quantitative estimate of drug-likeness (QED) is 0.582. The monoisotopic (exact) mass is 405 g/mol. The molecule has 1 aromatic heterocycles. The van der Waals surface area contributed by atoms with E-state index in [1.165, 1.54) is 22.7 Å². The Morgan fingerprint density at radius 3 is 2.70 bits per heavy atom. The number of rotatable bonds is 7. The first-order valence-corrected chi connectivity index (χ1v) is 9.70. The van der Waals surface area contributed by atoms with Crippen molar-refractivity contribution in [2.45, 2.75) is 12.3 Å². The Hall–Kier alpha value is -2.38. The molecule has 0 saturated carbocycles. The van der Waals surface area contributed by atoms with Gasteiger partial charge in [0.1, 0.15) is 5.82 Å². The Labute approximate surface area is 165 Å². The van der Waals surface area contributed by atoms with Gasteiger partial charge in [-0.05, 0) is 35.9 Å². The molecule has 3 aromatic rings. The molecule has 2 aromatic carbocycles. The lowest BCUT2D eigenvalue weighted by Crippen LogP contribution is -2.28. The van der Waals surface area contributed by atoms with Gasteiger partial charge in [0.05, 0.1) is 12.3 Å². The minimum absolute atomic E-state index is 0.0948. The Morgan fingerprint density at radius 2 is 1.96 bits per heavy atom. The van der Waals surface area contributed by atoms with Crippen LogP contribution in [0.2, 0.25) is 5.02 Å². The second-order valence-electron chi connectivity index (χ2n) is 5.85. The van der Waals surface area contributed by atoms with E-state index < -0.39 is 0 Å². The molecule has 0 aliphatic rings. The molecule has 140 valence electrons. The van der Waals surface area contributed by atoms with Crippen molar-refractivity contribution in [3.8, 4) is 11.4 Å². The Bertz CT molecular complexity index is 917. The minimum atomic E-state index is -0.258. The third-order valence-electron chi connectivity index (χ3n) is 3.81. The summed E-state index contributed by atoms with van der Waals surface area (Å²) >= 11 is 7.23. The number of thioether (sulfide) groups is 1. The highest BCUT2D eigenvalue weighted by Gasteiger charge is 2.15. The van der Waals surface area contributed by atoms with Gasteiger partial charge in [0.15, 0.2) is 0 Å². The molecule has 1 amide bonds. The number of benzene rings is 2. The molecule has 0 aliphatic carbocycles. The standard InChI is InChI=1S/C19H17ClFN3O2S/c1-24(18(25)12-27-11-14-4-2-3-5-16(14)21)10-17-22-19(23-26-17)13-6-8-15(20)9-7-13/h2-9H,10-12H2,1H3. The van der Waals surface area contributed by atoms with E-state index in [-0.39, 0.29) is 24.0 Å². The predicted molar refractivity (Wildman–Crippen MR) is 104 cm³/mol. The van der Waals surface area contributed by atoms with Crippen LogP contribution in [-0.4, -0.2) is 33.7 Å². The summed E-state index contributed by atoms with van der Waals surface area (Å²) in [6, 6.07) is 13.6. The highest BCUT2D eigenvalue weighted by molar-refractivity contribution is 7.99. The number of carbonyl (C=O) groups excluding carboxylic acids is 1. The minimum Gasteiger partial charge on any atom is -0.337 e. The maximum Gasteiger partial charge on any atom is 0.246 e. The fourth-order valence-corrected chi connectivity index (χ4v) is 3.38. The van der Waals surface area contributed by atoms with E-state index in [9.17, 15) is 9.18 Å². The number of hydrogen-bond acceptors (Lipinski definition) is 5. The normalized spacial score (nSPS) is 10.8. The predicted octanol–water partition coefficient (Wildman–Crippen LogP) is 4.42. The van der Waals surface area contributed by atoms with Gasteiger partial charge in [-0.15, -0.1) is 11.8 Å². The number of halogens is 2. The van der Waals surface area contributed by atoms with Crippen LogP contribution in [0.25, 0.3) is 11.4 Å². The van der Waals surface area contributed by atoms with Gasteiger partial charge in [0, 0.05) is 23.4 Å². The van der Waals surface area contributed by atoms with Crippen LogP contribution in [0.5, 0.6) is 0 Å². The van der Waals surface area contributed by atoms with Crippen LogP contribution in [0, 0.1) is 5.82 Å². The average Bonchev–Trinajstić information content (AvgIpc) is 3.12. The van der Waals surface area contributed by atoms with Gasteiger partial charge in [0.25, 0.3) is 0 Å². The second kappa shape index (κ2) is 9.01. The molecule has 27 heavy (non-hydrogen) atoms. The van der Waals surface area contributed by atoms with Crippen molar-refractivity contribution < 1.29 is 13.7 Å². The molecular weight excluding hydrogens is 389 g/mol. The van der Waals surface area contributed by atoms with Crippen molar-refractivity contribution in [3.05, 3.63) is 70.8 Å². The zero-order valence-corrected chi connectivity index (χ0v) is 16.1. The smallest absolute Gasteiger partial charge is 0.246 e. The van der Waals surface area contributed by atoms with Crippen molar-refractivity contribution in [1.29, 1.82) is 0 Å². The third-order valence-corrected chi connectivity index (χ3v) is 5.03. The van der Waals surface area contributed by atoms with Crippen molar-refractivity contribution in [2.24, 2.45) is 0 Å². The maximum atomic E-state index is 13.6. The van der Waals surface area contributed by atoms with E-state index >= 15 is 0 Å². The van der Waals surface area contributed by atoms with Gasteiger partial charge in [-0.1, -0.05) is 35.0 Å². The molecule has 0 fully saturated rings. The summed E-state index contributed by atoms with van der Waals surface area (Å²) in [6.07, 6.45) is 0. The molecule has 0 unspecified atom stereocenters. The topological polar surface area (TPSA) is 59.2 Å². The van der Waals surface area contributed by atoms with Crippen molar-refractivity contribution in [1.82, 2.24) is 15.0 Å². The molecule has 0 aliphatic heterocycles. The third kappa shape index (κ3) is 5.30. The molecule has 8 heteroatoms. The number of amides is 1. The molecule has 0 saturated heterocycles. The number of aromatic nitrogens is 2. The SMILES string of the molecule is CN(Cc1nc(-c2ccc(Cl)cc2)no1)C(=O)CSCc1ccccc1F. The molecule has 0 bridgehead atoms. The summed E-state index contributed by atoms with van der Waals surface area (Å²) in [5.41, 5.74) is 1.37. The van der Waals surface area contributed by atoms with Crippen LogP contribution >= 0.6 is 23.4 Å². The lowest BCUT2D eigenvalue weighted by Gasteiger charge is -2.14. The molecular formula is C19H17ClFN3O2S. The van der Waals surface area contributed by atoms with Crippen molar-refractivity contribution in [3.63, 3.8) is 0 Å². The Morgan fingerprint density at radius 1 is 1.22 bits per heavy atom. The maximum absolute atomic E-state index is 13.6. The van der Waals surface area contributed by atoms with Crippen LogP contribution < -0.4 is 0 Å². The number of carbonyl (C=O) groups is 1. The summed E-state index contributed by atoms with van der Waals surface area (Å²) in [5.74, 6) is 1.11. The summed E-state index contributed by atoms with van der Waals surface area (Å²) < 4.78 is 18.8. The fraction of sp³-hybridized carbons (Fsp3) is 0.211. The van der Waals surface area contributed by atoms with Gasteiger partial charge >= 0.3 is 0 Å². The summed E-state index contributed by atoms with van der Waals surface area (Å²) in [7, 11) is 1.66. The van der Waals surface area contributed by atoms with Crippen molar-refractivity contribution >= 4 is 29.3 Å². The zero-order valence-electron chi connectivity index (χ0n) is 14.6. The van der Waals surface area contributed by atoms with Gasteiger partial charge < -0.3 is 9.42 Å². The lowest BCUT2D eigenvalue weighted by molar-refractivity contribution is -0.127. The summed E-state index contributed by atoms with van der Waals surface area (Å²) in [6.45, 7) is 0.208. The first-order valence-electron chi connectivity index (χ1n) is 8.16. The number of hydrogen-bond donors (Lipinski definition) is 0. The highest BCUT2D eigenvalue weighted by Crippen LogP contribution is 2.19. The van der Waals surface area contributed by atoms with E-state index in [2.05, 4.69) is 10.1 Å². The zero-order chi connectivity index (χ0) is 19.2. The highest BCUT2D eigenvalue weighted by atomic mass is 35.5. The molecule has 5 nitrogen and oxygen atoms in total. The van der Waals surface area contributed by atoms with Crippen LogP contribution in [0.1, 0.15) is 11.5 Å². The molecule has 0 spiro atoms. The lowest BCUT2D eigenvalue weighted by atomic mass is 10.2. The largest absolute Gasteiger partial charge is 0.337 e. The van der Waals surface area contributed by atoms with Crippen LogP contribution in [0.15, 0.2) is 53.1 Å². The summed E-state index contributed by atoms with van der Waals surface area (Å²) in [4.78, 5) is 18.1. The second-order valence-corrected chi connectivity index (χ2v) is 7.27. The van der Waals surface area contributed by atoms with Crippen LogP contribution in [0.4, 0.5) is 4.39 Å². The molecule has 0 atom stereocenters. The van der Waals surface area contributed by atoms with Gasteiger partial charge in [-0.2, -0.15) is 4.98 Å². The van der Waals surface area contributed by atoms with E-state index in [4.69, 9.17) is 16.1 Å². The van der Waals surface area contributed by atoms with E-state index in [1.807, 2.05) is 0 Å². The molecule has 1 heterocycles. The van der Waals surface area contributed by atoms with Gasteiger partial charge in [-0.25, -0.2) is 4.39 Å². The van der Waals surface area contributed by atoms with Crippen LogP contribution in [0.3, 0.4) is 0 Å². The molecule has 0 radical (unpaired) electrons. The van der Waals surface area contributed by atoms with Crippen molar-refractivity contribution in [2.75, 3.05) is 12.8 Å². The summed E-state index contributed by atoms with van der Waals surface area (Å²) in [5, 5.41) is 4.55. The number of nitrogens with zero attached hydrogens (tertiary/aromatic N) is 3. The first kappa shape index (κ1) is 19.4. The molecule has 0 N–H and O–H groups in total. The van der Waals surface area contributed by atoms with E-state index in [1.54, 1.807) is 49.5 Å². The van der Waals surface area contributed by atoms with Gasteiger partial charge in [-0.3, -0.25) is 4.79 Å². The fourth-order valence-electron chi connectivity index (χ4n) is 2.30. The van der Waals surface area contributed by atoms with Gasteiger partial charge in [0.2, 0.25) is 17.6 Å².